The Hall–Kier alpha value is -2.75. The predicted octanol–water partition coefficient (Wildman–Crippen LogP) is 4.04. The van der Waals surface area contributed by atoms with Crippen LogP contribution in [0.2, 0.25) is 0 Å². The number of halogens is 3. The first-order chi connectivity index (χ1) is 12.9. The molecule has 0 bridgehead atoms. The molecule has 27 heavy (non-hydrogen) atoms. The number of thioether (sulfide) groups is 1. The first kappa shape index (κ1) is 19.0. The van der Waals surface area contributed by atoms with E-state index in [1.807, 2.05) is 31.2 Å². The Kier molecular flexibility index (Phi) is 5.84. The fraction of sp³-hybridized carbons (Fsp3) is 0.235. The number of nitrogens with zero attached hydrogens (tertiary/aromatic N) is 4. The van der Waals surface area contributed by atoms with Crippen LogP contribution < -0.4 is 9.47 Å². The van der Waals surface area contributed by atoms with Crippen molar-refractivity contribution < 1.29 is 22.6 Å². The maximum absolute atomic E-state index is 12.2. The van der Waals surface area contributed by atoms with E-state index in [1.165, 1.54) is 40.7 Å². The molecule has 1 heterocycles. The van der Waals surface area contributed by atoms with Gasteiger partial charge in [-0.05, 0) is 53.2 Å². The molecule has 6 nitrogen and oxygen atoms in total. The van der Waals surface area contributed by atoms with E-state index in [4.69, 9.17) is 4.74 Å². The van der Waals surface area contributed by atoms with E-state index in [-0.39, 0.29) is 5.75 Å². The average molecular weight is 396 g/mol. The van der Waals surface area contributed by atoms with Crippen LogP contribution in [0.3, 0.4) is 0 Å². The summed E-state index contributed by atoms with van der Waals surface area (Å²) < 4.78 is 47.7. The number of alkyl halides is 3. The number of tetrazole rings is 1. The highest BCUT2D eigenvalue weighted by Crippen LogP contribution is 2.25. The lowest BCUT2D eigenvalue weighted by Gasteiger charge is -2.10. The predicted molar refractivity (Wildman–Crippen MR) is 93.2 cm³/mol. The third kappa shape index (κ3) is 5.36. The lowest BCUT2D eigenvalue weighted by molar-refractivity contribution is -0.274. The first-order valence-corrected chi connectivity index (χ1v) is 8.87. The summed E-state index contributed by atoms with van der Waals surface area (Å²) in [5.74, 6) is 1.11. The van der Waals surface area contributed by atoms with Crippen LogP contribution in [0.25, 0.3) is 5.69 Å². The molecule has 0 N–H and O–H groups in total. The van der Waals surface area contributed by atoms with Gasteiger partial charge in [-0.15, -0.1) is 18.3 Å². The lowest BCUT2D eigenvalue weighted by atomic mass is 10.2. The number of para-hydroxylation sites is 1. The zero-order chi connectivity index (χ0) is 19.3. The van der Waals surface area contributed by atoms with Crippen molar-refractivity contribution in [1.82, 2.24) is 20.2 Å². The van der Waals surface area contributed by atoms with Crippen molar-refractivity contribution in [2.75, 3.05) is 12.4 Å². The molecular formula is C17H15F3N4O2S. The Labute approximate surface area is 157 Å². The van der Waals surface area contributed by atoms with Crippen molar-refractivity contribution in [2.45, 2.75) is 18.4 Å². The Balaban J connectivity index is 1.58. The monoisotopic (exact) mass is 396 g/mol. The zero-order valence-electron chi connectivity index (χ0n) is 14.2. The second-order valence-electron chi connectivity index (χ2n) is 5.38. The molecule has 3 rings (SSSR count). The average Bonchev–Trinajstić information content (AvgIpc) is 3.08. The zero-order valence-corrected chi connectivity index (χ0v) is 15.0. The van der Waals surface area contributed by atoms with E-state index >= 15 is 0 Å². The third-order valence-corrected chi connectivity index (χ3v) is 4.30. The summed E-state index contributed by atoms with van der Waals surface area (Å²) in [6, 6.07) is 13.0. The van der Waals surface area contributed by atoms with E-state index in [0.717, 1.165) is 11.3 Å². The molecule has 2 aromatic carbocycles. The second-order valence-corrected chi connectivity index (χ2v) is 6.44. The van der Waals surface area contributed by atoms with E-state index < -0.39 is 6.36 Å². The molecule has 0 aliphatic heterocycles. The number of ether oxygens (including phenoxy) is 2. The summed E-state index contributed by atoms with van der Waals surface area (Å²) >= 11 is 1.38. The minimum Gasteiger partial charge on any atom is -0.492 e. The van der Waals surface area contributed by atoms with Gasteiger partial charge in [0.25, 0.3) is 0 Å². The molecule has 0 saturated heterocycles. The van der Waals surface area contributed by atoms with Crippen molar-refractivity contribution >= 4 is 11.8 Å². The van der Waals surface area contributed by atoms with Crippen molar-refractivity contribution in [1.29, 1.82) is 0 Å². The van der Waals surface area contributed by atoms with E-state index in [0.29, 0.717) is 23.2 Å². The second kappa shape index (κ2) is 8.30. The van der Waals surface area contributed by atoms with Gasteiger partial charge in [0.2, 0.25) is 5.16 Å². The third-order valence-electron chi connectivity index (χ3n) is 3.42. The molecule has 10 heteroatoms. The highest BCUT2D eigenvalue weighted by molar-refractivity contribution is 7.99. The van der Waals surface area contributed by atoms with Crippen molar-refractivity contribution in [3.05, 3.63) is 54.1 Å². The molecule has 1 aromatic heterocycles. The summed E-state index contributed by atoms with van der Waals surface area (Å²) in [5, 5.41) is 11.9. The highest BCUT2D eigenvalue weighted by atomic mass is 32.2. The van der Waals surface area contributed by atoms with Gasteiger partial charge >= 0.3 is 6.36 Å². The fourth-order valence-corrected chi connectivity index (χ4v) is 2.93. The minimum atomic E-state index is -4.73. The molecule has 3 aromatic rings. The summed E-state index contributed by atoms with van der Waals surface area (Å²) in [6.45, 7) is 2.43. The number of aryl methyl sites for hydroxylation is 1. The molecular weight excluding hydrogens is 381 g/mol. The smallest absolute Gasteiger partial charge is 0.492 e. The molecule has 0 spiro atoms. The molecule has 0 unspecified atom stereocenters. The normalized spacial score (nSPS) is 11.4. The molecule has 0 aliphatic rings. The van der Waals surface area contributed by atoms with Gasteiger partial charge in [-0.25, -0.2) is 0 Å². The Bertz CT molecular complexity index is 884. The van der Waals surface area contributed by atoms with Crippen molar-refractivity contribution in [2.24, 2.45) is 0 Å². The van der Waals surface area contributed by atoms with Crippen LogP contribution in [0.15, 0.2) is 53.7 Å². The van der Waals surface area contributed by atoms with Crippen LogP contribution in [0.5, 0.6) is 11.5 Å². The van der Waals surface area contributed by atoms with Crippen LogP contribution in [-0.2, 0) is 0 Å². The first-order valence-electron chi connectivity index (χ1n) is 7.88. The molecule has 0 atom stereocenters. The number of rotatable bonds is 7. The quantitative estimate of drug-likeness (QED) is 0.444. The van der Waals surface area contributed by atoms with Crippen LogP contribution in [0.4, 0.5) is 13.2 Å². The number of hydrogen-bond donors (Lipinski definition) is 0. The Morgan fingerprint density at radius 2 is 1.81 bits per heavy atom. The molecule has 142 valence electrons. The molecule has 0 fully saturated rings. The SMILES string of the molecule is Cc1ccccc1OCCSc1nnnn1-c1ccc(OC(F)(F)F)cc1. The van der Waals surface area contributed by atoms with Gasteiger partial charge < -0.3 is 9.47 Å². The van der Waals surface area contributed by atoms with Crippen LogP contribution >= 0.6 is 11.8 Å². The van der Waals surface area contributed by atoms with Crippen LogP contribution in [0, 0.1) is 6.92 Å². The number of hydrogen-bond acceptors (Lipinski definition) is 6. The number of aromatic nitrogens is 4. The topological polar surface area (TPSA) is 62.1 Å². The fourth-order valence-electron chi connectivity index (χ4n) is 2.22. The van der Waals surface area contributed by atoms with Gasteiger partial charge in [-0.3, -0.25) is 0 Å². The summed E-state index contributed by atoms with van der Waals surface area (Å²) in [7, 11) is 0. The Morgan fingerprint density at radius 1 is 1.07 bits per heavy atom. The summed E-state index contributed by atoms with van der Waals surface area (Å²) in [6.07, 6.45) is -4.73. The van der Waals surface area contributed by atoms with Gasteiger partial charge in [0.15, 0.2) is 0 Å². The van der Waals surface area contributed by atoms with Gasteiger partial charge in [0.05, 0.1) is 12.3 Å². The van der Waals surface area contributed by atoms with E-state index in [1.54, 1.807) is 0 Å². The Morgan fingerprint density at radius 3 is 2.52 bits per heavy atom. The van der Waals surface area contributed by atoms with Crippen molar-refractivity contribution in [3.63, 3.8) is 0 Å². The van der Waals surface area contributed by atoms with E-state index in [2.05, 4.69) is 20.3 Å². The molecule has 0 radical (unpaired) electrons. The summed E-state index contributed by atoms with van der Waals surface area (Å²) in [4.78, 5) is 0. The van der Waals surface area contributed by atoms with Gasteiger partial charge in [0.1, 0.15) is 11.5 Å². The van der Waals surface area contributed by atoms with Gasteiger partial charge in [-0.2, -0.15) is 4.68 Å². The van der Waals surface area contributed by atoms with E-state index in [9.17, 15) is 13.2 Å². The maximum Gasteiger partial charge on any atom is 0.573 e. The van der Waals surface area contributed by atoms with Crippen LogP contribution in [0.1, 0.15) is 5.56 Å². The minimum absolute atomic E-state index is 0.305. The molecule has 0 aliphatic carbocycles. The van der Waals surface area contributed by atoms with Crippen LogP contribution in [-0.4, -0.2) is 38.9 Å². The summed E-state index contributed by atoms with van der Waals surface area (Å²) in [5.41, 5.74) is 1.57. The molecule has 0 saturated carbocycles. The maximum atomic E-state index is 12.2. The largest absolute Gasteiger partial charge is 0.573 e. The van der Waals surface area contributed by atoms with Gasteiger partial charge in [0, 0.05) is 5.75 Å². The highest BCUT2D eigenvalue weighted by Gasteiger charge is 2.31. The lowest BCUT2D eigenvalue weighted by Crippen LogP contribution is -2.17. The standard InChI is InChI=1S/C17H15F3N4O2S/c1-12-4-2-3-5-15(12)25-10-11-27-16-21-22-23-24(16)13-6-8-14(9-7-13)26-17(18,19)20/h2-9H,10-11H2,1H3. The molecule has 0 amide bonds. The number of benzene rings is 2. The van der Waals surface area contributed by atoms with Crippen molar-refractivity contribution in [3.8, 4) is 17.2 Å². The van der Waals surface area contributed by atoms with Gasteiger partial charge in [-0.1, -0.05) is 30.0 Å².